The minimum absolute atomic E-state index is 0.0177. The first kappa shape index (κ1) is 23.1. The molecule has 1 heterocycles. The molecular weight excluding hydrogens is 438 g/mol. The number of amides is 1. The van der Waals surface area contributed by atoms with E-state index in [-0.39, 0.29) is 17.5 Å². The lowest BCUT2D eigenvalue weighted by Crippen LogP contribution is -2.36. The molecule has 1 saturated heterocycles. The van der Waals surface area contributed by atoms with Crippen molar-refractivity contribution in [2.75, 3.05) is 20.2 Å². The minimum atomic E-state index is -0.572. The van der Waals surface area contributed by atoms with Crippen LogP contribution >= 0.6 is 11.6 Å². The van der Waals surface area contributed by atoms with E-state index in [0.717, 1.165) is 55.5 Å². The Morgan fingerprint density at radius 2 is 1.88 bits per heavy atom. The molecule has 32 heavy (non-hydrogen) atoms. The van der Waals surface area contributed by atoms with Crippen LogP contribution in [0.3, 0.4) is 0 Å². The maximum absolute atomic E-state index is 14.6. The van der Waals surface area contributed by atoms with Crippen LogP contribution in [0.2, 0.25) is 5.02 Å². The Kier molecular flexibility index (Phi) is 7.40. The maximum atomic E-state index is 14.6. The van der Waals surface area contributed by atoms with E-state index in [1.807, 2.05) is 0 Å². The van der Waals surface area contributed by atoms with Crippen LogP contribution in [0, 0.1) is 11.6 Å². The van der Waals surface area contributed by atoms with Crippen LogP contribution in [-0.4, -0.2) is 37.1 Å². The number of carbonyl (C=O) groups is 1. The fourth-order valence-corrected chi connectivity index (χ4v) is 4.41. The van der Waals surface area contributed by atoms with Crippen molar-refractivity contribution >= 4 is 17.5 Å². The highest BCUT2D eigenvalue weighted by molar-refractivity contribution is 6.31. The molecule has 0 atom stereocenters. The number of piperidine rings is 1. The standard InChI is InChI=1S/C24H27ClF2N2O3/c1-31-28-24(30)21-12-20(15-2-3-15)17(10-23(21)27)13-29-8-6-19(7-9-29)32-14-16-4-5-18(26)11-22(16)25/h4-5,10-12,15,19H,2-3,6-9,13-14H2,1H3,(H,28,30). The summed E-state index contributed by atoms with van der Waals surface area (Å²) in [5, 5.41) is 0.375. The van der Waals surface area contributed by atoms with Crippen LogP contribution in [0.15, 0.2) is 30.3 Å². The number of rotatable bonds is 8. The number of hydroxylamine groups is 1. The van der Waals surface area contributed by atoms with Crippen molar-refractivity contribution in [2.24, 2.45) is 0 Å². The van der Waals surface area contributed by atoms with Crippen molar-refractivity contribution in [3.8, 4) is 0 Å². The van der Waals surface area contributed by atoms with E-state index in [0.29, 0.717) is 24.1 Å². The predicted molar refractivity (Wildman–Crippen MR) is 117 cm³/mol. The Balaban J connectivity index is 1.34. The van der Waals surface area contributed by atoms with E-state index in [2.05, 4.69) is 15.2 Å². The molecule has 0 bridgehead atoms. The van der Waals surface area contributed by atoms with Gasteiger partial charge in [0.2, 0.25) is 0 Å². The molecule has 1 N–H and O–H groups in total. The molecule has 4 rings (SSSR count). The van der Waals surface area contributed by atoms with Gasteiger partial charge in [-0.1, -0.05) is 17.7 Å². The first-order valence-corrected chi connectivity index (χ1v) is 11.3. The van der Waals surface area contributed by atoms with Crippen molar-refractivity contribution in [2.45, 2.75) is 50.9 Å². The van der Waals surface area contributed by atoms with Gasteiger partial charge in [-0.05, 0) is 72.6 Å². The Bertz CT molecular complexity index is 976. The third-order valence-electron chi connectivity index (χ3n) is 6.10. The number of nitrogens with one attached hydrogen (secondary N) is 1. The first-order valence-electron chi connectivity index (χ1n) is 10.9. The first-order chi connectivity index (χ1) is 15.4. The van der Waals surface area contributed by atoms with E-state index in [1.54, 1.807) is 12.1 Å². The molecule has 5 nitrogen and oxygen atoms in total. The molecule has 0 radical (unpaired) electrons. The summed E-state index contributed by atoms with van der Waals surface area (Å²) in [6.07, 6.45) is 3.94. The van der Waals surface area contributed by atoms with Gasteiger partial charge in [-0.25, -0.2) is 14.3 Å². The van der Waals surface area contributed by atoms with Gasteiger partial charge < -0.3 is 4.74 Å². The molecule has 8 heteroatoms. The van der Waals surface area contributed by atoms with Crippen molar-refractivity contribution in [3.05, 3.63) is 69.2 Å². The van der Waals surface area contributed by atoms with Crippen LogP contribution in [0.25, 0.3) is 0 Å². The summed E-state index contributed by atoms with van der Waals surface area (Å²) in [5.74, 6) is -1.08. The highest BCUT2D eigenvalue weighted by atomic mass is 35.5. The van der Waals surface area contributed by atoms with E-state index >= 15 is 0 Å². The Hall–Kier alpha value is -2.06. The Morgan fingerprint density at radius 3 is 2.53 bits per heavy atom. The Morgan fingerprint density at radius 1 is 1.12 bits per heavy atom. The van der Waals surface area contributed by atoms with Crippen molar-refractivity contribution in [3.63, 3.8) is 0 Å². The third-order valence-corrected chi connectivity index (χ3v) is 6.46. The average Bonchev–Trinajstić information content (AvgIpc) is 3.60. The van der Waals surface area contributed by atoms with Gasteiger partial charge in [0.15, 0.2) is 0 Å². The molecule has 1 amide bonds. The van der Waals surface area contributed by atoms with Crippen LogP contribution < -0.4 is 5.48 Å². The zero-order valence-corrected chi connectivity index (χ0v) is 18.8. The van der Waals surface area contributed by atoms with Gasteiger partial charge in [0, 0.05) is 24.7 Å². The second-order valence-electron chi connectivity index (χ2n) is 8.46. The molecule has 2 aromatic carbocycles. The topological polar surface area (TPSA) is 50.8 Å². The monoisotopic (exact) mass is 464 g/mol. The summed E-state index contributed by atoms with van der Waals surface area (Å²) >= 11 is 6.08. The van der Waals surface area contributed by atoms with Gasteiger partial charge in [0.25, 0.3) is 5.91 Å². The zero-order chi connectivity index (χ0) is 22.7. The Labute approximate surface area is 191 Å². The van der Waals surface area contributed by atoms with Crippen LogP contribution in [0.1, 0.15) is 58.6 Å². The molecule has 2 aromatic rings. The minimum Gasteiger partial charge on any atom is -0.373 e. The van der Waals surface area contributed by atoms with Gasteiger partial charge in [0.1, 0.15) is 11.6 Å². The number of benzene rings is 2. The van der Waals surface area contributed by atoms with E-state index < -0.39 is 11.7 Å². The normalized spacial score (nSPS) is 17.5. The van der Waals surface area contributed by atoms with Crippen LogP contribution in [-0.2, 0) is 22.7 Å². The lowest BCUT2D eigenvalue weighted by molar-refractivity contribution is -0.00398. The molecule has 0 spiro atoms. The number of nitrogens with zero attached hydrogens (tertiary/aromatic N) is 1. The summed E-state index contributed by atoms with van der Waals surface area (Å²) in [7, 11) is 1.33. The summed E-state index contributed by atoms with van der Waals surface area (Å²) in [5.41, 5.74) is 4.98. The van der Waals surface area contributed by atoms with Gasteiger partial charge in [-0.15, -0.1) is 0 Å². The summed E-state index contributed by atoms with van der Waals surface area (Å²) in [6.45, 7) is 2.66. The van der Waals surface area contributed by atoms with Gasteiger partial charge in [-0.2, -0.15) is 0 Å². The molecule has 2 aliphatic rings. The summed E-state index contributed by atoms with van der Waals surface area (Å²) in [4.78, 5) is 19.0. The fourth-order valence-electron chi connectivity index (χ4n) is 4.19. The average molecular weight is 465 g/mol. The molecule has 1 saturated carbocycles. The van der Waals surface area contributed by atoms with Crippen LogP contribution in [0.5, 0.6) is 0 Å². The lowest BCUT2D eigenvalue weighted by Gasteiger charge is -2.32. The van der Waals surface area contributed by atoms with Gasteiger partial charge in [-0.3, -0.25) is 14.5 Å². The van der Waals surface area contributed by atoms with Crippen LogP contribution in [0.4, 0.5) is 8.78 Å². The van der Waals surface area contributed by atoms with Gasteiger partial charge >= 0.3 is 0 Å². The van der Waals surface area contributed by atoms with E-state index in [4.69, 9.17) is 16.3 Å². The maximum Gasteiger partial charge on any atom is 0.277 e. The molecule has 2 fully saturated rings. The third kappa shape index (κ3) is 5.64. The number of likely N-dealkylation sites (tertiary alicyclic amines) is 1. The van der Waals surface area contributed by atoms with E-state index in [9.17, 15) is 13.6 Å². The van der Waals surface area contributed by atoms with Crippen molar-refractivity contribution < 1.29 is 23.1 Å². The summed E-state index contributed by atoms with van der Waals surface area (Å²) in [6, 6.07) is 7.51. The predicted octanol–water partition coefficient (Wildman–Crippen LogP) is 4.97. The lowest BCUT2D eigenvalue weighted by atomic mass is 9.97. The molecule has 0 unspecified atom stereocenters. The number of carbonyl (C=O) groups excluding carboxylic acids is 1. The molecule has 1 aliphatic heterocycles. The number of ether oxygens (including phenoxy) is 1. The largest absolute Gasteiger partial charge is 0.373 e. The van der Waals surface area contributed by atoms with Crippen molar-refractivity contribution in [1.29, 1.82) is 0 Å². The van der Waals surface area contributed by atoms with E-state index in [1.165, 1.54) is 25.3 Å². The zero-order valence-electron chi connectivity index (χ0n) is 18.0. The molecular formula is C24H27ClF2N2O3. The van der Waals surface area contributed by atoms with Gasteiger partial charge in [0.05, 0.1) is 25.4 Å². The van der Waals surface area contributed by atoms with Crippen molar-refractivity contribution in [1.82, 2.24) is 10.4 Å². The second kappa shape index (κ2) is 10.3. The highest BCUT2D eigenvalue weighted by Gasteiger charge is 2.30. The fraction of sp³-hybridized carbons (Fsp3) is 0.458. The SMILES string of the molecule is CONC(=O)c1cc(C2CC2)c(CN2CCC(OCc3ccc(F)cc3Cl)CC2)cc1F. The summed E-state index contributed by atoms with van der Waals surface area (Å²) < 4.78 is 33.8. The molecule has 1 aliphatic carbocycles. The quantitative estimate of drug-likeness (QED) is 0.560. The molecule has 0 aromatic heterocycles. The number of halogens is 3. The smallest absolute Gasteiger partial charge is 0.277 e. The second-order valence-corrected chi connectivity index (χ2v) is 8.87. The number of hydrogen-bond acceptors (Lipinski definition) is 4. The highest BCUT2D eigenvalue weighted by Crippen LogP contribution is 2.43. The molecule has 172 valence electrons. The number of hydrogen-bond donors (Lipinski definition) is 1.